The minimum Gasteiger partial charge on any atom is -0.458 e. The maximum atomic E-state index is 13.3. The lowest BCUT2D eigenvalue weighted by molar-refractivity contribution is 0.550. The van der Waals surface area contributed by atoms with Crippen molar-refractivity contribution in [1.82, 2.24) is 0 Å². The monoisotopic (exact) mass is 395 g/mol. The van der Waals surface area contributed by atoms with E-state index >= 15 is 0 Å². The first-order valence-corrected chi connectivity index (χ1v) is 8.73. The smallest absolute Gasteiger partial charge is 0.143 e. The molecule has 0 radical (unpaired) electrons. The van der Waals surface area contributed by atoms with Crippen LogP contribution in [0, 0.1) is 5.82 Å². The number of hydrogen-bond donors (Lipinski definition) is 1. The first-order valence-electron chi connectivity index (χ1n) is 7.93. The Balaban J connectivity index is 2.03. The van der Waals surface area contributed by atoms with Gasteiger partial charge in [0.05, 0.1) is 11.0 Å². The van der Waals surface area contributed by atoms with Crippen LogP contribution >= 0.6 is 15.9 Å². The number of halogens is 2. The van der Waals surface area contributed by atoms with Crippen molar-refractivity contribution in [3.63, 3.8) is 0 Å². The Morgan fingerprint density at radius 1 is 0.880 bits per heavy atom. The van der Waals surface area contributed by atoms with Crippen LogP contribution in [0.25, 0.3) is 33.2 Å². The van der Waals surface area contributed by atoms with Crippen molar-refractivity contribution in [3.05, 3.63) is 82.8 Å². The third kappa shape index (κ3) is 2.88. The molecule has 0 aliphatic rings. The summed E-state index contributed by atoms with van der Waals surface area (Å²) in [5, 5.41) is 0.959. The van der Waals surface area contributed by atoms with Crippen molar-refractivity contribution < 1.29 is 8.81 Å². The lowest BCUT2D eigenvalue weighted by Gasteiger charge is -2.08. The molecule has 4 rings (SSSR count). The Kier molecular flexibility index (Phi) is 4.15. The van der Waals surface area contributed by atoms with Gasteiger partial charge in [0.2, 0.25) is 0 Å². The number of hydrogen-bond acceptors (Lipinski definition) is 2. The highest BCUT2D eigenvalue weighted by Crippen LogP contribution is 2.40. The van der Waals surface area contributed by atoms with E-state index in [9.17, 15) is 4.39 Å². The van der Waals surface area contributed by atoms with Crippen LogP contribution in [-0.4, -0.2) is 0 Å². The van der Waals surface area contributed by atoms with Gasteiger partial charge in [-0.3, -0.25) is 0 Å². The van der Waals surface area contributed by atoms with Crippen molar-refractivity contribution in [1.29, 1.82) is 0 Å². The molecule has 0 aliphatic heterocycles. The summed E-state index contributed by atoms with van der Waals surface area (Å²) in [7, 11) is 0. The number of rotatable bonds is 3. The molecule has 1 aromatic heterocycles. The molecule has 2 N–H and O–H groups in total. The zero-order chi connectivity index (χ0) is 17.4. The fourth-order valence-corrected chi connectivity index (χ4v) is 3.53. The van der Waals surface area contributed by atoms with Crippen LogP contribution < -0.4 is 5.73 Å². The molecule has 4 aromatic rings. The van der Waals surface area contributed by atoms with E-state index in [0.29, 0.717) is 12.3 Å². The van der Waals surface area contributed by atoms with Gasteiger partial charge in [-0.25, -0.2) is 4.39 Å². The molecule has 3 aromatic carbocycles. The Morgan fingerprint density at radius 3 is 2.28 bits per heavy atom. The van der Waals surface area contributed by atoms with Crippen LogP contribution in [0.1, 0.15) is 5.76 Å². The van der Waals surface area contributed by atoms with Crippen LogP contribution in [0.2, 0.25) is 0 Å². The van der Waals surface area contributed by atoms with Gasteiger partial charge in [-0.05, 0) is 56.9 Å². The van der Waals surface area contributed by atoms with Gasteiger partial charge in [-0.1, -0.05) is 42.5 Å². The Labute approximate surface area is 153 Å². The number of benzene rings is 3. The SMILES string of the molecule is NCc1oc2c(-c3ccc(F)cc3)cc(-c3ccccc3)cc2c1Br. The average molecular weight is 396 g/mol. The minimum absolute atomic E-state index is 0.262. The largest absolute Gasteiger partial charge is 0.458 e. The van der Waals surface area contributed by atoms with Gasteiger partial charge in [-0.15, -0.1) is 0 Å². The van der Waals surface area contributed by atoms with Gasteiger partial charge < -0.3 is 10.2 Å². The first kappa shape index (κ1) is 16.1. The Morgan fingerprint density at radius 2 is 1.60 bits per heavy atom. The third-order valence-corrected chi connectivity index (χ3v) is 5.11. The van der Waals surface area contributed by atoms with Gasteiger partial charge in [0, 0.05) is 10.9 Å². The summed E-state index contributed by atoms with van der Waals surface area (Å²) in [6.07, 6.45) is 0. The fourth-order valence-electron chi connectivity index (χ4n) is 2.99. The van der Waals surface area contributed by atoms with Gasteiger partial charge in [0.25, 0.3) is 0 Å². The quantitative estimate of drug-likeness (QED) is 0.453. The summed E-state index contributed by atoms with van der Waals surface area (Å²) in [6.45, 7) is 0.304. The fraction of sp³-hybridized carbons (Fsp3) is 0.0476. The number of furan rings is 1. The molecule has 0 saturated carbocycles. The summed E-state index contributed by atoms with van der Waals surface area (Å²) in [6, 6.07) is 20.7. The summed E-state index contributed by atoms with van der Waals surface area (Å²) in [5.74, 6) is 0.436. The van der Waals surface area contributed by atoms with Crippen molar-refractivity contribution in [3.8, 4) is 22.3 Å². The molecule has 0 aliphatic carbocycles. The average Bonchev–Trinajstić information content (AvgIpc) is 2.98. The van der Waals surface area contributed by atoms with Gasteiger partial charge in [0.15, 0.2) is 0 Å². The summed E-state index contributed by atoms with van der Waals surface area (Å²) >= 11 is 3.60. The highest BCUT2D eigenvalue weighted by molar-refractivity contribution is 9.10. The molecule has 0 atom stereocenters. The summed E-state index contributed by atoms with van der Waals surface area (Å²) in [4.78, 5) is 0. The van der Waals surface area contributed by atoms with Crippen LogP contribution in [0.5, 0.6) is 0 Å². The molecule has 25 heavy (non-hydrogen) atoms. The molecule has 4 heteroatoms. The Hall–Kier alpha value is -2.43. The van der Waals surface area contributed by atoms with Gasteiger partial charge >= 0.3 is 0 Å². The van der Waals surface area contributed by atoms with Gasteiger partial charge in [-0.2, -0.15) is 0 Å². The van der Waals surface area contributed by atoms with Crippen molar-refractivity contribution in [2.24, 2.45) is 5.73 Å². The second kappa shape index (κ2) is 6.47. The predicted octanol–water partition coefficient (Wildman–Crippen LogP) is 6.13. The lowest BCUT2D eigenvalue weighted by atomic mass is 9.97. The summed E-state index contributed by atoms with van der Waals surface area (Å²) in [5.41, 5.74) is 10.5. The third-order valence-electron chi connectivity index (χ3n) is 4.24. The Bertz CT molecular complexity index is 1040. The zero-order valence-electron chi connectivity index (χ0n) is 13.3. The topological polar surface area (TPSA) is 39.2 Å². The van der Waals surface area contributed by atoms with Crippen molar-refractivity contribution >= 4 is 26.9 Å². The number of nitrogens with two attached hydrogens (primary N) is 1. The van der Waals surface area contributed by atoms with Crippen LogP contribution in [0.4, 0.5) is 4.39 Å². The molecule has 2 nitrogen and oxygen atoms in total. The first-order chi connectivity index (χ1) is 12.2. The zero-order valence-corrected chi connectivity index (χ0v) is 14.9. The molecule has 0 unspecified atom stereocenters. The lowest BCUT2D eigenvalue weighted by Crippen LogP contribution is -1.93. The predicted molar refractivity (Wildman–Crippen MR) is 103 cm³/mol. The van der Waals surface area contributed by atoms with E-state index in [0.717, 1.165) is 37.7 Å². The summed E-state index contributed by atoms with van der Waals surface area (Å²) < 4.78 is 20.2. The maximum absolute atomic E-state index is 13.3. The van der Waals surface area contributed by atoms with Crippen molar-refractivity contribution in [2.75, 3.05) is 0 Å². The van der Waals surface area contributed by atoms with E-state index in [1.165, 1.54) is 12.1 Å². The van der Waals surface area contributed by atoms with E-state index in [2.05, 4.69) is 40.2 Å². The van der Waals surface area contributed by atoms with E-state index in [1.807, 2.05) is 18.2 Å². The highest BCUT2D eigenvalue weighted by atomic mass is 79.9. The molecule has 124 valence electrons. The minimum atomic E-state index is -0.262. The second-order valence-electron chi connectivity index (χ2n) is 5.82. The molecule has 0 fully saturated rings. The van der Waals surface area contributed by atoms with Gasteiger partial charge in [0.1, 0.15) is 17.2 Å². The van der Waals surface area contributed by atoms with Crippen molar-refractivity contribution in [2.45, 2.75) is 6.54 Å². The second-order valence-corrected chi connectivity index (χ2v) is 6.61. The molecule has 1 heterocycles. The van der Waals surface area contributed by atoms with Crippen LogP contribution in [0.15, 0.2) is 75.6 Å². The highest BCUT2D eigenvalue weighted by Gasteiger charge is 2.17. The molecule has 0 bridgehead atoms. The molecular formula is C21H15BrFNO. The molecular weight excluding hydrogens is 381 g/mol. The normalized spacial score (nSPS) is 11.2. The molecule has 0 spiro atoms. The molecule has 0 amide bonds. The van der Waals surface area contributed by atoms with E-state index in [1.54, 1.807) is 12.1 Å². The van der Waals surface area contributed by atoms with E-state index < -0.39 is 0 Å². The van der Waals surface area contributed by atoms with E-state index in [4.69, 9.17) is 10.2 Å². The van der Waals surface area contributed by atoms with Crippen LogP contribution in [0.3, 0.4) is 0 Å². The maximum Gasteiger partial charge on any atom is 0.143 e. The standard InChI is InChI=1S/C21H15BrFNO/c22-20-18-11-15(13-4-2-1-3-5-13)10-17(21(18)25-19(20)12-24)14-6-8-16(23)9-7-14/h1-11H,12,24H2. The number of fused-ring (bicyclic) bond motifs is 1. The molecule has 0 saturated heterocycles. The van der Waals surface area contributed by atoms with E-state index in [-0.39, 0.29) is 5.82 Å². The van der Waals surface area contributed by atoms with Crippen LogP contribution in [-0.2, 0) is 6.54 Å².